The molecule has 5 heteroatoms. The molecule has 1 heterocycles. The van der Waals surface area contributed by atoms with Crippen molar-refractivity contribution in [3.8, 4) is 11.5 Å². The molecule has 0 saturated carbocycles. The highest BCUT2D eigenvalue weighted by atomic mass is 16.5. The van der Waals surface area contributed by atoms with Crippen LogP contribution in [-0.4, -0.2) is 19.2 Å². The van der Waals surface area contributed by atoms with Crippen molar-refractivity contribution < 1.29 is 9.47 Å². The summed E-state index contributed by atoms with van der Waals surface area (Å²) in [6, 6.07) is 9.31. The predicted molar refractivity (Wildman–Crippen MR) is 77.7 cm³/mol. The van der Waals surface area contributed by atoms with Crippen molar-refractivity contribution in [2.75, 3.05) is 14.2 Å². The van der Waals surface area contributed by atoms with Gasteiger partial charge in [-0.3, -0.25) is 10.8 Å². The molecule has 1 aromatic heterocycles. The lowest BCUT2D eigenvalue weighted by Gasteiger charge is -2.21. The summed E-state index contributed by atoms with van der Waals surface area (Å²) in [7, 11) is 3.25. The van der Waals surface area contributed by atoms with E-state index in [0.29, 0.717) is 11.5 Å². The molecule has 0 radical (unpaired) electrons. The molecule has 2 rings (SSSR count). The summed E-state index contributed by atoms with van der Waals surface area (Å²) in [5.41, 5.74) is 5.56. The number of hydrazine groups is 1. The summed E-state index contributed by atoms with van der Waals surface area (Å²) in [5, 5.41) is 0. The number of methoxy groups -OCH3 is 2. The molecule has 1 unspecified atom stereocenters. The summed E-state index contributed by atoms with van der Waals surface area (Å²) < 4.78 is 10.8. The van der Waals surface area contributed by atoms with Crippen LogP contribution >= 0.6 is 0 Å². The minimum absolute atomic E-state index is 0.255. The topological polar surface area (TPSA) is 69.4 Å². The van der Waals surface area contributed by atoms with Gasteiger partial charge in [0, 0.05) is 11.9 Å². The summed E-state index contributed by atoms with van der Waals surface area (Å²) in [5.74, 6) is 7.16. The Balaban J connectivity index is 2.53. The second kappa shape index (κ2) is 6.36. The number of ether oxygens (including phenoxy) is 2. The smallest absolute Gasteiger partial charge is 0.127 e. The first-order chi connectivity index (χ1) is 9.71. The summed E-state index contributed by atoms with van der Waals surface area (Å²) in [6.45, 7) is 1.94. The van der Waals surface area contributed by atoms with Crippen LogP contribution in [0, 0.1) is 6.92 Å². The van der Waals surface area contributed by atoms with E-state index in [0.717, 1.165) is 16.8 Å². The zero-order valence-electron chi connectivity index (χ0n) is 11.9. The van der Waals surface area contributed by atoms with Gasteiger partial charge in [0.2, 0.25) is 0 Å². The van der Waals surface area contributed by atoms with Crippen LogP contribution in [0.3, 0.4) is 0 Å². The van der Waals surface area contributed by atoms with Crippen LogP contribution in [0.25, 0.3) is 0 Å². The van der Waals surface area contributed by atoms with Gasteiger partial charge in [-0.1, -0.05) is 12.1 Å². The van der Waals surface area contributed by atoms with Crippen LogP contribution < -0.4 is 20.7 Å². The number of hydrogen-bond donors (Lipinski definition) is 2. The van der Waals surface area contributed by atoms with Crippen molar-refractivity contribution in [3.63, 3.8) is 0 Å². The highest BCUT2D eigenvalue weighted by Crippen LogP contribution is 2.36. The lowest BCUT2D eigenvalue weighted by molar-refractivity contribution is 0.377. The van der Waals surface area contributed by atoms with Gasteiger partial charge in [-0.25, -0.2) is 5.43 Å². The van der Waals surface area contributed by atoms with E-state index in [4.69, 9.17) is 15.3 Å². The van der Waals surface area contributed by atoms with Crippen molar-refractivity contribution >= 4 is 0 Å². The minimum atomic E-state index is -0.255. The molecule has 5 nitrogen and oxygen atoms in total. The number of benzene rings is 1. The number of rotatable bonds is 5. The number of nitrogens with zero attached hydrogens (tertiary/aromatic N) is 1. The molecule has 0 saturated heterocycles. The van der Waals surface area contributed by atoms with Crippen molar-refractivity contribution in [2.24, 2.45) is 5.84 Å². The molecule has 20 heavy (non-hydrogen) atoms. The molecule has 0 bridgehead atoms. The van der Waals surface area contributed by atoms with Gasteiger partial charge in [0.05, 0.1) is 25.8 Å². The number of nitrogens with one attached hydrogen (secondary N) is 1. The fraction of sp³-hybridized carbons (Fsp3) is 0.267. The Kier molecular flexibility index (Phi) is 4.55. The summed E-state index contributed by atoms with van der Waals surface area (Å²) in [6.07, 6.45) is 1.80. The van der Waals surface area contributed by atoms with Crippen molar-refractivity contribution in [1.29, 1.82) is 0 Å². The second-order valence-corrected chi connectivity index (χ2v) is 4.41. The second-order valence-electron chi connectivity index (χ2n) is 4.41. The lowest BCUT2D eigenvalue weighted by atomic mass is 9.98. The minimum Gasteiger partial charge on any atom is -0.496 e. The molecule has 106 valence electrons. The first-order valence-electron chi connectivity index (χ1n) is 6.30. The predicted octanol–water partition coefficient (Wildman–Crippen LogP) is 1.96. The molecule has 2 aromatic rings. The molecular formula is C15H19N3O2. The van der Waals surface area contributed by atoms with Crippen molar-refractivity contribution in [1.82, 2.24) is 10.4 Å². The molecule has 3 N–H and O–H groups in total. The van der Waals surface area contributed by atoms with Gasteiger partial charge >= 0.3 is 0 Å². The molecule has 1 aromatic carbocycles. The van der Waals surface area contributed by atoms with Crippen LogP contribution in [0.5, 0.6) is 11.5 Å². The van der Waals surface area contributed by atoms with Gasteiger partial charge in [-0.05, 0) is 30.7 Å². The number of nitrogens with two attached hydrogens (primary N) is 1. The Morgan fingerprint density at radius 1 is 1.10 bits per heavy atom. The van der Waals surface area contributed by atoms with Gasteiger partial charge < -0.3 is 9.47 Å². The molecular weight excluding hydrogens is 254 g/mol. The van der Waals surface area contributed by atoms with Gasteiger partial charge in [-0.15, -0.1) is 0 Å². The van der Waals surface area contributed by atoms with Crippen molar-refractivity contribution in [3.05, 3.63) is 53.3 Å². The first kappa shape index (κ1) is 14.3. The summed E-state index contributed by atoms with van der Waals surface area (Å²) in [4.78, 5) is 4.31. The highest BCUT2D eigenvalue weighted by Gasteiger charge is 2.21. The fourth-order valence-electron chi connectivity index (χ4n) is 2.16. The normalized spacial score (nSPS) is 12.0. The van der Waals surface area contributed by atoms with Crippen molar-refractivity contribution in [2.45, 2.75) is 13.0 Å². The van der Waals surface area contributed by atoms with Crippen LogP contribution in [-0.2, 0) is 0 Å². The van der Waals surface area contributed by atoms with E-state index in [-0.39, 0.29) is 6.04 Å². The van der Waals surface area contributed by atoms with E-state index in [1.54, 1.807) is 20.4 Å². The summed E-state index contributed by atoms with van der Waals surface area (Å²) >= 11 is 0. The number of aryl methyl sites for hydroxylation is 1. The molecule has 0 aliphatic carbocycles. The van der Waals surface area contributed by atoms with Gasteiger partial charge in [0.25, 0.3) is 0 Å². The standard InChI is InChI=1S/C15H19N3O2/c1-10-7-8-11(9-17-10)15(18-16)14-12(19-2)5-4-6-13(14)20-3/h4-9,15,18H,16H2,1-3H3. The van der Waals surface area contributed by atoms with Gasteiger partial charge in [-0.2, -0.15) is 0 Å². The largest absolute Gasteiger partial charge is 0.496 e. The average molecular weight is 273 g/mol. The Labute approximate surface area is 118 Å². The van der Waals surface area contributed by atoms with Gasteiger partial charge in [0.15, 0.2) is 0 Å². The molecule has 0 aliphatic rings. The quantitative estimate of drug-likeness (QED) is 0.644. The third-order valence-electron chi connectivity index (χ3n) is 3.19. The zero-order chi connectivity index (χ0) is 14.5. The maximum atomic E-state index is 5.73. The maximum absolute atomic E-state index is 5.73. The molecule has 1 atom stereocenters. The Bertz CT molecular complexity index is 548. The molecule has 0 fully saturated rings. The maximum Gasteiger partial charge on any atom is 0.127 e. The molecule has 0 spiro atoms. The third-order valence-corrected chi connectivity index (χ3v) is 3.19. The fourth-order valence-corrected chi connectivity index (χ4v) is 2.16. The third kappa shape index (κ3) is 2.74. The van der Waals surface area contributed by atoms with E-state index in [1.807, 2.05) is 37.3 Å². The molecule has 0 amide bonds. The van der Waals surface area contributed by atoms with E-state index >= 15 is 0 Å². The molecule has 0 aliphatic heterocycles. The zero-order valence-corrected chi connectivity index (χ0v) is 11.9. The van der Waals surface area contributed by atoms with E-state index in [2.05, 4.69) is 10.4 Å². The van der Waals surface area contributed by atoms with Crippen LogP contribution in [0.15, 0.2) is 36.5 Å². The van der Waals surface area contributed by atoms with E-state index in [1.165, 1.54) is 0 Å². The van der Waals surface area contributed by atoms with E-state index in [9.17, 15) is 0 Å². The van der Waals surface area contributed by atoms with Crippen LogP contribution in [0.1, 0.15) is 22.9 Å². The van der Waals surface area contributed by atoms with Gasteiger partial charge in [0.1, 0.15) is 11.5 Å². The Hall–Kier alpha value is -2.11. The monoisotopic (exact) mass is 273 g/mol. The number of hydrogen-bond acceptors (Lipinski definition) is 5. The number of aromatic nitrogens is 1. The van der Waals surface area contributed by atoms with E-state index < -0.39 is 0 Å². The van der Waals surface area contributed by atoms with Crippen LogP contribution in [0.4, 0.5) is 0 Å². The number of pyridine rings is 1. The first-order valence-corrected chi connectivity index (χ1v) is 6.30. The Morgan fingerprint density at radius 2 is 1.75 bits per heavy atom. The average Bonchev–Trinajstić information content (AvgIpc) is 2.49. The van der Waals surface area contributed by atoms with Crippen LogP contribution in [0.2, 0.25) is 0 Å². The highest BCUT2D eigenvalue weighted by molar-refractivity contribution is 5.50. The lowest BCUT2D eigenvalue weighted by Crippen LogP contribution is -2.29. The Morgan fingerprint density at radius 3 is 2.20 bits per heavy atom. The SMILES string of the molecule is COc1cccc(OC)c1C(NN)c1ccc(C)nc1.